The molecule has 4 rings (SSSR count). The minimum Gasteiger partial charge on any atom is -0.477 e. The van der Waals surface area contributed by atoms with Crippen LogP contribution in [0, 0.1) is 0 Å². The van der Waals surface area contributed by atoms with Crippen molar-refractivity contribution in [2.75, 3.05) is 5.75 Å². The molecule has 26 heavy (non-hydrogen) atoms. The van der Waals surface area contributed by atoms with E-state index in [0.29, 0.717) is 16.6 Å². The largest absolute Gasteiger partial charge is 0.477 e. The lowest BCUT2D eigenvalue weighted by atomic mass is 9.94. The van der Waals surface area contributed by atoms with Crippen LogP contribution in [0.15, 0.2) is 28.8 Å². The number of carbonyl (C=O) groups excluding carboxylic acids is 1. The summed E-state index contributed by atoms with van der Waals surface area (Å²) in [6.07, 6.45) is 3.19. The highest BCUT2D eigenvalue weighted by molar-refractivity contribution is 8.01. The Kier molecular flexibility index (Phi) is 4.20. The van der Waals surface area contributed by atoms with Gasteiger partial charge in [-0.1, -0.05) is 11.8 Å². The summed E-state index contributed by atoms with van der Waals surface area (Å²) in [6.45, 7) is 0. The Balaban J connectivity index is 1.63. The van der Waals surface area contributed by atoms with E-state index in [1.165, 1.54) is 33.1 Å². The molecule has 3 atom stereocenters. The third-order valence-electron chi connectivity index (χ3n) is 4.17. The minimum atomic E-state index is -1.18. The summed E-state index contributed by atoms with van der Waals surface area (Å²) >= 11 is 2.61. The van der Waals surface area contributed by atoms with Gasteiger partial charge in [0, 0.05) is 25.2 Å². The SMILES string of the molecule is Cn1nnnc1SCC1=C(C(=O)O)N2C(=O)C(c3ncc[nH]3)[C@H]2SC1N. The van der Waals surface area contributed by atoms with Crippen LogP contribution in [-0.4, -0.2) is 68.6 Å². The zero-order chi connectivity index (χ0) is 18.4. The molecule has 1 fully saturated rings. The van der Waals surface area contributed by atoms with Crippen LogP contribution in [0.1, 0.15) is 11.7 Å². The number of hydrogen-bond donors (Lipinski definition) is 3. The van der Waals surface area contributed by atoms with Crippen molar-refractivity contribution in [3.63, 3.8) is 0 Å². The predicted octanol–water partition coefficient (Wildman–Crippen LogP) is -0.652. The summed E-state index contributed by atoms with van der Waals surface area (Å²) in [5.74, 6) is -1.21. The van der Waals surface area contributed by atoms with Gasteiger partial charge in [-0.05, 0) is 16.0 Å². The maximum Gasteiger partial charge on any atom is 0.352 e. The molecule has 11 nitrogen and oxygen atoms in total. The number of nitrogens with zero attached hydrogens (tertiary/aromatic N) is 6. The average molecular weight is 394 g/mol. The second-order valence-electron chi connectivity index (χ2n) is 5.66. The van der Waals surface area contributed by atoms with Crippen molar-refractivity contribution in [3.05, 3.63) is 29.5 Å². The predicted molar refractivity (Wildman–Crippen MR) is 91.7 cm³/mol. The summed E-state index contributed by atoms with van der Waals surface area (Å²) in [5.41, 5.74) is 6.65. The molecular formula is C13H14N8O3S2. The number of carbonyl (C=O) groups is 2. The number of nitrogens with one attached hydrogen (secondary N) is 1. The van der Waals surface area contributed by atoms with Crippen LogP contribution in [0.3, 0.4) is 0 Å². The molecule has 0 aromatic carbocycles. The first kappa shape index (κ1) is 17.1. The standard InChI is InChI=1S/C13H14N8O3S2/c1-20-13(17-18-19-20)25-4-5-7(12(23)24)21-10(22)6(9-15-2-3-16-9)11(21)26-8(5)14/h2-3,6,8,11H,4,14H2,1H3,(H,15,16)(H,23,24)/t6?,8?,11-/m1/s1. The van der Waals surface area contributed by atoms with Crippen LogP contribution in [0.25, 0.3) is 0 Å². The average Bonchev–Trinajstić information content (AvgIpc) is 3.25. The van der Waals surface area contributed by atoms with Gasteiger partial charge in [0.05, 0.1) is 5.37 Å². The number of aromatic nitrogens is 6. The van der Waals surface area contributed by atoms with Gasteiger partial charge in [-0.2, -0.15) is 0 Å². The van der Waals surface area contributed by atoms with E-state index in [1.807, 2.05) is 0 Å². The molecule has 2 aliphatic heterocycles. The monoisotopic (exact) mass is 394 g/mol. The molecule has 0 radical (unpaired) electrons. The lowest BCUT2D eigenvalue weighted by Crippen LogP contribution is -2.62. The zero-order valence-electron chi connectivity index (χ0n) is 13.4. The fourth-order valence-electron chi connectivity index (χ4n) is 2.94. The van der Waals surface area contributed by atoms with Gasteiger partial charge in [-0.15, -0.1) is 16.9 Å². The normalized spacial score (nSPS) is 25.2. The fraction of sp³-hybridized carbons (Fsp3) is 0.385. The molecule has 2 aliphatic rings. The van der Waals surface area contributed by atoms with Crippen LogP contribution >= 0.6 is 23.5 Å². The van der Waals surface area contributed by atoms with E-state index in [-0.39, 0.29) is 22.7 Å². The van der Waals surface area contributed by atoms with Crippen LogP contribution in [0.4, 0.5) is 0 Å². The number of H-pyrrole nitrogens is 1. The Morgan fingerprint density at radius 3 is 2.96 bits per heavy atom. The first-order chi connectivity index (χ1) is 12.5. The lowest BCUT2D eigenvalue weighted by molar-refractivity contribution is -0.148. The van der Waals surface area contributed by atoms with E-state index in [2.05, 4.69) is 25.5 Å². The summed E-state index contributed by atoms with van der Waals surface area (Å²) in [4.78, 5) is 32.8. The van der Waals surface area contributed by atoms with Crippen LogP contribution in [-0.2, 0) is 16.6 Å². The van der Waals surface area contributed by atoms with E-state index in [1.54, 1.807) is 19.4 Å². The number of amides is 1. The lowest BCUT2D eigenvalue weighted by Gasteiger charge is -2.50. The van der Waals surface area contributed by atoms with Gasteiger partial charge in [0.1, 0.15) is 22.8 Å². The number of aromatic amines is 1. The van der Waals surface area contributed by atoms with Gasteiger partial charge in [0.25, 0.3) is 0 Å². The van der Waals surface area contributed by atoms with E-state index in [9.17, 15) is 14.7 Å². The number of carboxylic acid groups (broad SMARTS) is 1. The Hall–Kier alpha value is -2.38. The number of β-lactam (4-membered cyclic amide) rings is 1. The molecule has 0 bridgehead atoms. The van der Waals surface area contributed by atoms with Crippen molar-refractivity contribution < 1.29 is 14.7 Å². The van der Waals surface area contributed by atoms with Gasteiger partial charge in [0.2, 0.25) is 11.1 Å². The second-order valence-corrected chi connectivity index (χ2v) is 7.87. The molecule has 4 N–H and O–H groups in total. The number of carboxylic acids is 1. The van der Waals surface area contributed by atoms with Crippen molar-refractivity contribution in [1.29, 1.82) is 0 Å². The molecular weight excluding hydrogens is 380 g/mol. The Morgan fingerprint density at radius 2 is 2.35 bits per heavy atom. The summed E-state index contributed by atoms with van der Waals surface area (Å²) in [7, 11) is 1.69. The number of hydrogen-bond acceptors (Lipinski definition) is 9. The van der Waals surface area contributed by atoms with E-state index in [4.69, 9.17) is 5.73 Å². The van der Waals surface area contributed by atoms with Crippen molar-refractivity contribution in [2.24, 2.45) is 12.8 Å². The Morgan fingerprint density at radius 1 is 1.54 bits per heavy atom. The van der Waals surface area contributed by atoms with Crippen LogP contribution in [0.5, 0.6) is 0 Å². The Labute approximate surface area is 155 Å². The van der Waals surface area contributed by atoms with Crippen LogP contribution in [0.2, 0.25) is 0 Å². The number of thioether (sulfide) groups is 2. The third kappa shape index (κ3) is 2.59. The molecule has 136 valence electrons. The van der Waals surface area contributed by atoms with E-state index in [0.717, 1.165) is 0 Å². The van der Waals surface area contributed by atoms with Crippen LogP contribution < -0.4 is 5.73 Å². The first-order valence-corrected chi connectivity index (χ1v) is 9.46. The topological polar surface area (TPSA) is 156 Å². The highest BCUT2D eigenvalue weighted by atomic mass is 32.2. The molecule has 0 spiro atoms. The molecule has 2 unspecified atom stereocenters. The van der Waals surface area contributed by atoms with Crippen molar-refractivity contribution >= 4 is 35.4 Å². The summed E-state index contributed by atoms with van der Waals surface area (Å²) in [5, 5.41) is 20.4. The number of aliphatic carboxylic acids is 1. The molecule has 1 saturated heterocycles. The second kappa shape index (κ2) is 6.41. The molecule has 0 saturated carbocycles. The van der Waals surface area contributed by atoms with Gasteiger partial charge in [-0.25, -0.2) is 14.5 Å². The molecule has 2 aromatic heterocycles. The number of tetrazole rings is 1. The van der Waals surface area contributed by atoms with E-state index >= 15 is 0 Å². The maximum atomic E-state index is 12.6. The maximum absolute atomic E-state index is 12.6. The smallest absolute Gasteiger partial charge is 0.352 e. The van der Waals surface area contributed by atoms with E-state index < -0.39 is 17.3 Å². The zero-order valence-corrected chi connectivity index (χ0v) is 15.1. The highest BCUT2D eigenvalue weighted by Crippen LogP contribution is 2.49. The summed E-state index contributed by atoms with van der Waals surface area (Å²) in [6, 6.07) is 0. The molecule has 13 heteroatoms. The van der Waals surface area contributed by atoms with Crippen molar-refractivity contribution in [1.82, 2.24) is 35.1 Å². The van der Waals surface area contributed by atoms with Crippen molar-refractivity contribution in [2.45, 2.75) is 21.8 Å². The quantitative estimate of drug-likeness (QED) is 0.440. The Bertz CT molecular complexity index is 895. The molecule has 1 amide bonds. The summed E-state index contributed by atoms with van der Waals surface area (Å²) < 4.78 is 1.48. The number of rotatable bonds is 5. The van der Waals surface area contributed by atoms with Gasteiger partial charge < -0.3 is 15.8 Å². The highest BCUT2D eigenvalue weighted by Gasteiger charge is 2.56. The number of fused-ring (bicyclic) bond motifs is 1. The van der Waals surface area contributed by atoms with Gasteiger partial charge >= 0.3 is 5.97 Å². The third-order valence-corrected chi connectivity index (χ3v) is 6.57. The number of imidazole rings is 1. The molecule has 0 aliphatic carbocycles. The molecule has 4 heterocycles. The molecule has 2 aromatic rings. The van der Waals surface area contributed by atoms with Gasteiger partial charge in [-0.3, -0.25) is 9.69 Å². The van der Waals surface area contributed by atoms with Gasteiger partial charge in [0.15, 0.2) is 0 Å². The van der Waals surface area contributed by atoms with Crippen molar-refractivity contribution in [3.8, 4) is 0 Å². The first-order valence-electron chi connectivity index (χ1n) is 7.54. The minimum absolute atomic E-state index is 0.0586. The number of nitrogens with two attached hydrogens (primary N) is 1. The number of aryl methyl sites for hydroxylation is 1. The fourth-order valence-corrected chi connectivity index (χ4v) is 5.36.